The highest BCUT2D eigenvalue weighted by molar-refractivity contribution is 8.00. The first-order valence-electron chi connectivity index (χ1n) is 17.5. The molecular formula is C48H29NS. The Kier molecular flexibility index (Phi) is 5.34. The van der Waals surface area contributed by atoms with E-state index in [2.05, 4.69) is 168 Å². The Morgan fingerprint density at radius 3 is 2.06 bits per heavy atom. The third kappa shape index (κ3) is 3.54. The zero-order chi connectivity index (χ0) is 32.5. The molecule has 0 saturated heterocycles. The normalized spacial score (nSPS) is 17.0. The van der Waals surface area contributed by atoms with Crippen LogP contribution in [-0.4, -0.2) is 9.82 Å². The van der Waals surface area contributed by atoms with Crippen LogP contribution in [0.1, 0.15) is 11.5 Å². The number of hydrogen-bond acceptors (Lipinski definition) is 1. The van der Waals surface area contributed by atoms with Crippen LogP contribution in [0, 0.1) is 0 Å². The van der Waals surface area contributed by atoms with Gasteiger partial charge < -0.3 is 4.57 Å². The SMILES string of the molecule is C1=CC2Sc3c(-c4ccc5c(c4)c4ccccc4n5-c4c5cc6ccccc6cc5c5ccc6cccc7ccc4c5c76)cccc3C2C=C1. The summed E-state index contributed by atoms with van der Waals surface area (Å²) in [5.41, 5.74) is 7.80. The van der Waals surface area contributed by atoms with E-state index >= 15 is 0 Å². The molecule has 1 nitrogen and oxygen atoms in total. The van der Waals surface area contributed by atoms with Gasteiger partial charge in [0.25, 0.3) is 0 Å². The highest BCUT2D eigenvalue weighted by atomic mass is 32.2. The first kappa shape index (κ1) is 27.0. The molecule has 0 amide bonds. The molecule has 0 N–H and O–H groups in total. The van der Waals surface area contributed by atoms with Gasteiger partial charge in [-0.1, -0.05) is 133 Å². The van der Waals surface area contributed by atoms with Gasteiger partial charge in [0.15, 0.2) is 0 Å². The maximum atomic E-state index is 2.56. The van der Waals surface area contributed by atoms with Crippen LogP contribution in [0.5, 0.6) is 0 Å². The summed E-state index contributed by atoms with van der Waals surface area (Å²) < 4.78 is 2.56. The fourth-order valence-corrected chi connectivity index (χ4v) is 10.7. The summed E-state index contributed by atoms with van der Waals surface area (Å²) in [6.07, 6.45) is 9.14. The number of thioether (sulfide) groups is 1. The van der Waals surface area contributed by atoms with Gasteiger partial charge in [-0.05, 0) is 84.7 Å². The van der Waals surface area contributed by atoms with E-state index in [0.29, 0.717) is 11.2 Å². The van der Waals surface area contributed by atoms with E-state index in [1.807, 2.05) is 11.8 Å². The van der Waals surface area contributed by atoms with Gasteiger partial charge in [0.05, 0.1) is 16.7 Å². The third-order valence-electron chi connectivity index (χ3n) is 11.4. The molecule has 2 heterocycles. The highest BCUT2D eigenvalue weighted by Gasteiger charge is 2.33. The van der Waals surface area contributed by atoms with E-state index in [-0.39, 0.29) is 0 Å². The first-order valence-corrected chi connectivity index (χ1v) is 18.4. The quantitative estimate of drug-likeness (QED) is 0.133. The fraction of sp³-hybridized carbons (Fsp3) is 0.0417. The van der Waals surface area contributed by atoms with Gasteiger partial charge in [0.1, 0.15) is 0 Å². The minimum absolute atomic E-state index is 0.449. The van der Waals surface area contributed by atoms with E-state index in [4.69, 9.17) is 0 Å². The zero-order valence-electron chi connectivity index (χ0n) is 27.1. The van der Waals surface area contributed by atoms with Crippen molar-refractivity contribution in [3.05, 3.63) is 169 Å². The monoisotopic (exact) mass is 651 g/mol. The lowest BCUT2D eigenvalue weighted by Gasteiger charge is -2.20. The van der Waals surface area contributed by atoms with Crippen molar-refractivity contribution < 1.29 is 0 Å². The number of hydrogen-bond donors (Lipinski definition) is 0. The summed E-state index contributed by atoms with van der Waals surface area (Å²) in [4.78, 5) is 1.42. The summed E-state index contributed by atoms with van der Waals surface area (Å²) in [7, 11) is 0. The fourth-order valence-electron chi connectivity index (χ4n) is 9.22. The average molecular weight is 652 g/mol. The number of allylic oxidation sites excluding steroid dienone is 3. The number of para-hydroxylation sites is 1. The molecule has 0 bridgehead atoms. The average Bonchev–Trinajstić information content (AvgIpc) is 3.71. The minimum Gasteiger partial charge on any atom is -0.308 e. The van der Waals surface area contributed by atoms with Crippen LogP contribution in [0.25, 0.3) is 92.5 Å². The van der Waals surface area contributed by atoms with Crippen molar-refractivity contribution in [1.29, 1.82) is 0 Å². The summed E-state index contributed by atoms with van der Waals surface area (Å²) >= 11 is 2.02. The third-order valence-corrected chi connectivity index (χ3v) is 12.8. The van der Waals surface area contributed by atoms with Crippen LogP contribution in [0.4, 0.5) is 0 Å². The van der Waals surface area contributed by atoms with Crippen LogP contribution in [0.15, 0.2) is 169 Å². The van der Waals surface area contributed by atoms with Crippen molar-refractivity contribution in [3.8, 4) is 16.8 Å². The van der Waals surface area contributed by atoms with Gasteiger partial charge in [-0.25, -0.2) is 0 Å². The maximum absolute atomic E-state index is 2.56. The molecule has 50 heavy (non-hydrogen) atoms. The molecule has 2 heteroatoms. The molecule has 10 aromatic rings. The van der Waals surface area contributed by atoms with E-state index in [0.717, 1.165) is 0 Å². The molecule has 9 aromatic carbocycles. The lowest BCUT2D eigenvalue weighted by molar-refractivity contribution is 0.881. The molecule has 0 fully saturated rings. The molecule has 0 spiro atoms. The Bertz CT molecular complexity index is 3120. The Hall–Kier alpha value is -5.83. The van der Waals surface area contributed by atoms with Crippen LogP contribution >= 0.6 is 11.8 Å². The smallest absolute Gasteiger partial charge is 0.0619 e. The zero-order valence-corrected chi connectivity index (χ0v) is 27.9. The van der Waals surface area contributed by atoms with E-state index in [1.54, 1.807) is 0 Å². The predicted molar refractivity (Wildman–Crippen MR) is 216 cm³/mol. The van der Waals surface area contributed by atoms with Gasteiger partial charge in [0.2, 0.25) is 0 Å². The highest BCUT2D eigenvalue weighted by Crippen LogP contribution is 2.52. The van der Waals surface area contributed by atoms with Gasteiger partial charge in [-0.3, -0.25) is 0 Å². The lowest BCUT2D eigenvalue weighted by Crippen LogP contribution is -2.06. The molecule has 1 aliphatic carbocycles. The summed E-state index contributed by atoms with van der Waals surface area (Å²) in [6.45, 7) is 0. The van der Waals surface area contributed by atoms with Crippen molar-refractivity contribution in [1.82, 2.24) is 4.57 Å². The van der Waals surface area contributed by atoms with E-state index in [9.17, 15) is 0 Å². The standard InChI is InChI=1S/C48H29NS/c1-2-10-31-26-41-39(25-30(31)9-1)36-22-19-28-11-7-12-29-20-23-38(46(36)45(28)29)47(41)49-42-17-5-3-13-34(42)40-27-32(21-24-43(40)49)33-15-8-16-37-35-14-4-6-18-44(35)50-48(33)37/h1-27,35,44H. The Morgan fingerprint density at radius 2 is 1.18 bits per heavy atom. The molecule has 1 aromatic heterocycles. The molecule has 0 saturated carbocycles. The maximum Gasteiger partial charge on any atom is 0.0619 e. The summed E-state index contributed by atoms with van der Waals surface area (Å²) in [6, 6.07) is 52.7. The molecule has 2 atom stereocenters. The number of rotatable bonds is 2. The van der Waals surface area contributed by atoms with Crippen molar-refractivity contribution in [3.63, 3.8) is 0 Å². The second kappa shape index (κ2) is 9.88. The molecule has 12 rings (SSSR count). The van der Waals surface area contributed by atoms with Gasteiger partial charge in [-0.2, -0.15) is 0 Å². The number of nitrogens with zero attached hydrogens (tertiary/aromatic N) is 1. The Morgan fingerprint density at radius 1 is 0.460 bits per heavy atom. The van der Waals surface area contributed by atoms with Crippen LogP contribution in [0.3, 0.4) is 0 Å². The molecule has 0 radical (unpaired) electrons. The van der Waals surface area contributed by atoms with Gasteiger partial charge in [0, 0.05) is 43.0 Å². The number of fused-ring (bicyclic) bond motifs is 9. The Balaban J connectivity index is 1.21. The molecule has 232 valence electrons. The minimum atomic E-state index is 0.449. The van der Waals surface area contributed by atoms with Crippen molar-refractivity contribution in [2.24, 2.45) is 0 Å². The second-order valence-corrected chi connectivity index (χ2v) is 15.1. The lowest BCUT2D eigenvalue weighted by atomic mass is 9.88. The van der Waals surface area contributed by atoms with E-state index in [1.165, 1.54) is 103 Å². The molecular weight excluding hydrogens is 623 g/mol. The molecule has 2 aliphatic rings. The van der Waals surface area contributed by atoms with Gasteiger partial charge >= 0.3 is 0 Å². The molecule has 1 aliphatic heterocycles. The van der Waals surface area contributed by atoms with Crippen LogP contribution < -0.4 is 0 Å². The Labute approximate surface area is 293 Å². The predicted octanol–water partition coefficient (Wildman–Crippen LogP) is 13.3. The van der Waals surface area contributed by atoms with E-state index < -0.39 is 0 Å². The number of aromatic nitrogens is 1. The first-order chi connectivity index (χ1) is 24.8. The van der Waals surface area contributed by atoms with Crippen molar-refractivity contribution >= 4 is 87.4 Å². The van der Waals surface area contributed by atoms with Gasteiger partial charge in [-0.15, -0.1) is 11.8 Å². The topological polar surface area (TPSA) is 4.93 Å². The largest absolute Gasteiger partial charge is 0.308 e. The van der Waals surface area contributed by atoms with Crippen LogP contribution in [0.2, 0.25) is 0 Å². The van der Waals surface area contributed by atoms with Crippen molar-refractivity contribution in [2.45, 2.75) is 16.1 Å². The van der Waals surface area contributed by atoms with Crippen LogP contribution in [-0.2, 0) is 0 Å². The second-order valence-electron chi connectivity index (χ2n) is 14.0. The number of benzene rings is 9. The summed E-state index contributed by atoms with van der Waals surface area (Å²) in [5.74, 6) is 0.449. The summed E-state index contributed by atoms with van der Waals surface area (Å²) in [5, 5.41) is 16.0. The molecule has 2 unspecified atom stereocenters. The van der Waals surface area contributed by atoms with Crippen molar-refractivity contribution in [2.75, 3.05) is 0 Å².